The van der Waals surface area contributed by atoms with E-state index in [9.17, 15) is 0 Å². The molecule has 2 aromatic heterocycles. The van der Waals surface area contributed by atoms with E-state index < -0.39 is 0 Å². The normalized spacial score (nSPS) is 15.4. The smallest absolute Gasteiger partial charge is 0.146 e. The molecule has 0 fully saturated rings. The molecular formula is C24H28N4O. The zero-order valence-corrected chi connectivity index (χ0v) is 17.7. The topological polar surface area (TPSA) is 65.2 Å². The van der Waals surface area contributed by atoms with Crippen molar-refractivity contribution in [3.05, 3.63) is 76.1 Å². The number of benzene rings is 1. The zero-order valence-electron chi connectivity index (χ0n) is 17.7. The summed E-state index contributed by atoms with van der Waals surface area (Å²) in [6, 6.07) is 10.9. The average molecular weight is 389 g/mol. The number of nitrogens with zero attached hydrogens (tertiary/aromatic N) is 1. The number of H-pyrrole nitrogens is 2. The van der Waals surface area contributed by atoms with Crippen LogP contribution < -0.4 is 5.32 Å². The van der Waals surface area contributed by atoms with Crippen LogP contribution in [0.25, 0.3) is 17.0 Å². The summed E-state index contributed by atoms with van der Waals surface area (Å²) in [5, 5.41) is 4.77. The molecule has 0 amide bonds. The van der Waals surface area contributed by atoms with Gasteiger partial charge in [0.05, 0.1) is 18.5 Å². The number of allylic oxidation sites excluding steroid dienone is 1. The number of methoxy groups -OCH3 is 1. The highest BCUT2D eigenvalue weighted by atomic mass is 16.5. The van der Waals surface area contributed by atoms with Gasteiger partial charge in [0, 0.05) is 46.5 Å². The largest absolute Gasteiger partial charge is 0.494 e. The Kier molecular flexibility index (Phi) is 5.16. The third-order valence-electron chi connectivity index (χ3n) is 5.21. The molecule has 0 unspecified atom stereocenters. The predicted octanol–water partition coefficient (Wildman–Crippen LogP) is 4.98. The minimum Gasteiger partial charge on any atom is -0.494 e. The molecule has 3 aromatic rings. The summed E-state index contributed by atoms with van der Waals surface area (Å²) in [6.07, 6.45) is 4.07. The van der Waals surface area contributed by atoms with E-state index in [0.717, 1.165) is 46.3 Å². The summed E-state index contributed by atoms with van der Waals surface area (Å²) in [5.41, 5.74) is 8.50. The molecule has 1 aliphatic rings. The van der Waals surface area contributed by atoms with E-state index in [1.54, 1.807) is 7.11 Å². The number of para-hydroxylation sites is 1. The van der Waals surface area contributed by atoms with Gasteiger partial charge in [-0.3, -0.25) is 0 Å². The molecule has 0 bridgehead atoms. The van der Waals surface area contributed by atoms with Crippen molar-refractivity contribution in [2.75, 3.05) is 7.11 Å². The van der Waals surface area contributed by atoms with Crippen molar-refractivity contribution >= 4 is 22.7 Å². The first kappa shape index (κ1) is 19.3. The molecular weight excluding hydrogens is 360 g/mol. The zero-order chi connectivity index (χ0) is 20.5. The van der Waals surface area contributed by atoms with E-state index in [-0.39, 0.29) is 0 Å². The summed E-state index contributed by atoms with van der Waals surface area (Å²) in [5.74, 6) is 0.771. The van der Waals surface area contributed by atoms with Gasteiger partial charge in [0.15, 0.2) is 0 Å². The maximum atomic E-state index is 5.64. The molecule has 0 saturated carbocycles. The molecule has 0 atom stereocenters. The van der Waals surface area contributed by atoms with Gasteiger partial charge in [-0.1, -0.05) is 32.0 Å². The van der Waals surface area contributed by atoms with Crippen LogP contribution in [0.2, 0.25) is 0 Å². The van der Waals surface area contributed by atoms with Crippen LogP contribution in [0, 0.1) is 13.8 Å². The second kappa shape index (κ2) is 7.76. The summed E-state index contributed by atoms with van der Waals surface area (Å²) in [4.78, 5) is 11.9. The Morgan fingerprint density at radius 3 is 2.66 bits per heavy atom. The first-order valence-electron chi connectivity index (χ1n) is 10.0. The van der Waals surface area contributed by atoms with E-state index in [0.29, 0.717) is 6.04 Å². The van der Waals surface area contributed by atoms with Crippen LogP contribution in [0.4, 0.5) is 0 Å². The number of hydrogen-bond acceptors (Lipinski definition) is 3. The molecule has 5 heteroatoms. The van der Waals surface area contributed by atoms with Crippen LogP contribution in [-0.2, 0) is 11.3 Å². The first-order valence-corrected chi connectivity index (χ1v) is 10.0. The predicted molar refractivity (Wildman–Crippen MR) is 120 cm³/mol. The van der Waals surface area contributed by atoms with Crippen molar-refractivity contribution in [3.63, 3.8) is 0 Å². The Hall–Kier alpha value is -3.05. The molecule has 1 aliphatic heterocycles. The molecule has 4 rings (SSSR count). The van der Waals surface area contributed by atoms with Gasteiger partial charge in [0.25, 0.3) is 0 Å². The van der Waals surface area contributed by atoms with Crippen LogP contribution in [0.1, 0.15) is 42.1 Å². The number of aliphatic imine (C=N–C) groups is 1. The molecule has 29 heavy (non-hydrogen) atoms. The third-order valence-corrected chi connectivity index (χ3v) is 5.21. The Balaban J connectivity index is 1.80. The van der Waals surface area contributed by atoms with Crippen molar-refractivity contribution in [1.82, 2.24) is 15.3 Å². The van der Waals surface area contributed by atoms with Crippen LogP contribution >= 0.6 is 0 Å². The van der Waals surface area contributed by atoms with Gasteiger partial charge in [-0.15, -0.1) is 0 Å². The standard InChI is InChI=1S/C24H28N4O/c1-14(2)25-13-18-17-8-6-7-9-19(17)28-24(18)22-12-23(29-5)21(27-22)11-20-15(3)10-16(4)26-20/h6-12,14,25-26,28H,13H2,1-5H3/b21-11-. The number of hydrogen-bond donors (Lipinski definition) is 3. The molecule has 3 N–H and O–H groups in total. The maximum Gasteiger partial charge on any atom is 0.146 e. The molecule has 0 saturated heterocycles. The number of nitrogens with one attached hydrogen (secondary N) is 3. The van der Waals surface area contributed by atoms with E-state index in [2.05, 4.69) is 79.4 Å². The molecule has 1 aromatic carbocycles. The fraction of sp³-hybridized carbons (Fsp3) is 0.292. The van der Waals surface area contributed by atoms with Gasteiger partial charge >= 0.3 is 0 Å². The Morgan fingerprint density at radius 2 is 1.97 bits per heavy atom. The Morgan fingerprint density at radius 1 is 1.17 bits per heavy atom. The highest BCUT2D eigenvalue weighted by Gasteiger charge is 2.22. The van der Waals surface area contributed by atoms with Crippen molar-refractivity contribution in [2.45, 2.75) is 40.3 Å². The molecule has 0 aliphatic carbocycles. The van der Waals surface area contributed by atoms with Gasteiger partial charge in [-0.05, 0) is 37.6 Å². The van der Waals surface area contributed by atoms with E-state index in [1.165, 1.54) is 16.5 Å². The van der Waals surface area contributed by atoms with Crippen LogP contribution in [0.15, 0.2) is 52.9 Å². The lowest BCUT2D eigenvalue weighted by Crippen LogP contribution is -2.22. The first-order chi connectivity index (χ1) is 14.0. The number of aromatic nitrogens is 2. The van der Waals surface area contributed by atoms with Gasteiger partial charge in [-0.2, -0.15) is 0 Å². The van der Waals surface area contributed by atoms with Crippen molar-refractivity contribution in [2.24, 2.45) is 4.99 Å². The maximum absolute atomic E-state index is 5.64. The minimum atomic E-state index is 0.404. The average Bonchev–Trinajstić information content (AvgIpc) is 3.35. The summed E-state index contributed by atoms with van der Waals surface area (Å²) in [6.45, 7) is 9.25. The summed E-state index contributed by atoms with van der Waals surface area (Å²) in [7, 11) is 1.69. The highest BCUT2D eigenvalue weighted by Crippen LogP contribution is 2.30. The number of aromatic amines is 2. The number of ether oxygens (including phenoxy) is 1. The molecule has 0 spiro atoms. The minimum absolute atomic E-state index is 0.404. The van der Waals surface area contributed by atoms with E-state index in [4.69, 9.17) is 9.73 Å². The number of aryl methyl sites for hydroxylation is 2. The second-order valence-electron chi connectivity index (χ2n) is 7.85. The lowest BCUT2D eigenvalue weighted by atomic mass is 10.1. The van der Waals surface area contributed by atoms with Crippen molar-refractivity contribution in [1.29, 1.82) is 0 Å². The molecule has 3 heterocycles. The Bertz CT molecular complexity index is 1140. The SMILES string of the molecule is COC1=CC(c2[nH]c3ccccc3c2CNC(C)C)=N/C1=C\c1[nH]c(C)cc1C. The number of rotatable bonds is 6. The monoisotopic (exact) mass is 388 g/mol. The van der Waals surface area contributed by atoms with E-state index >= 15 is 0 Å². The lowest BCUT2D eigenvalue weighted by molar-refractivity contribution is 0.303. The van der Waals surface area contributed by atoms with Crippen LogP contribution in [0.5, 0.6) is 0 Å². The molecule has 5 nitrogen and oxygen atoms in total. The molecule has 0 radical (unpaired) electrons. The number of fused-ring (bicyclic) bond motifs is 1. The van der Waals surface area contributed by atoms with Gasteiger partial charge < -0.3 is 20.0 Å². The lowest BCUT2D eigenvalue weighted by Gasteiger charge is -2.09. The van der Waals surface area contributed by atoms with Crippen molar-refractivity contribution < 1.29 is 4.74 Å². The fourth-order valence-corrected chi connectivity index (χ4v) is 3.75. The van der Waals surface area contributed by atoms with Gasteiger partial charge in [0.2, 0.25) is 0 Å². The second-order valence-corrected chi connectivity index (χ2v) is 7.85. The molecule has 150 valence electrons. The van der Waals surface area contributed by atoms with Crippen molar-refractivity contribution in [3.8, 4) is 0 Å². The van der Waals surface area contributed by atoms with Crippen LogP contribution in [0.3, 0.4) is 0 Å². The van der Waals surface area contributed by atoms with Crippen LogP contribution in [-0.4, -0.2) is 28.8 Å². The highest BCUT2D eigenvalue weighted by molar-refractivity contribution is 6.14. The summed E-state index contributed by atoms with van der Waals surface area (Å²) >= 11 is 0. The fourth-order valence-electron chi connectivity index (χ4n) is 3.75. The Labute approximate surface area is 171 Å². The van der Waals surface area contributed by atoms with Gasteiger partial charge in [0.1, 0.15) is 11.5 Å². The van der Waals surface area contributed by atoms with Gasteiger partial charge in [-0.25, -0.2) is 4.99 Å². The summed E-state index contributed by atoms with van der Waals surface area (Å²) < 4.78 is 5.64. The quantitative estimate of drug-likeness (QED) is 0.557. The third kappa shape index (κ3) is 3.78. The van der Waals surface area contributed by atoms with E-state index in [1.807, 2.05) is 6.08 Å².